The fraction of sp³-hybridized carbons (Fsp3) is 0.192. The van der Waals surface area contributed by atoms with Crippen LogP contribution in [0.25, 0.3) is 22.2 Å². The van der Waals surface area contributed by atoms with Crippen LogP contribution in [0.15, 0.2) is 78.9 Å². The molecule has 1 aliphatic heterocycles. The average Bonchev–Trinajstić information content (AvgIpc) is 3.35. The highest BCUT2D eigenvalue weighted by Crippen LogP contribution is 2.43. The minimum Gasteiger partial charge on any atom is -0.497 e. The SMILES string of the molecule is COc1cccc(-c2[nH]c3ccccc3c2[C@@H]2CCC(=O)N2Cc2ccccc2)c1. The molecule has 1 amide bonds. The quantitative estimate of drug-likeness (QED) is 0.470. The minimum absolute atomic E-state index is 0.0371. The second-order valence-electron chi connectivity index (χ2n) is 7.75. The van der Waals surface area contributed by atoms with Crippen LogP contribution >= 0.6 is 0 Å². The Labute approximate surface area is 176 Å². The van der Waals surface area contributed by atoms with Gasteiger partial charge in [-0.15, -0.1) is 0 Å². The maximum atomic E-state index is 12.9. The summed E-state index contributed by atoms with van der Waals surface area (Å²) in [7, 11) is 1.68. The molecule has 5 rings (SSSR count). The standard InChI is InChI=1S/C26H24N2O2/c1-30-20-11-7-10-19(16-20)26-25(21-12-5-6-13-22(21)27-26)23-14-15-24(29)28(23)17-18-8-3-2-4-9-18/h2-13,16,23,27H,14-15,17H2,1H3/t23-/m0/s1. The van der Waals surface area contributed by atoms with Gasteiger partial charge in [-0.3, -0.25) is 4.79 Å². The van der Waals surface area contributed by atoms with Crippen molar-refractivity contribution in [3.8, 4) is 17.0 Å². The van der Waals surface area contributed by atoms with Gasteiger partial charge in [0.2, 0.25) is 5.91 Å². The summed E-state index contributed by atoms with van der Waals surface area (Å²) in [4.78, 5) is 18.5. The highest BCUT2D eigenvalue weighted by atomic mass is 16.5. The van der Waals surface area contributed by atoms with Crippen molar-refractivity contribution in [3.05, 3.63) is 90.0 Å². The Morgan fingerprint density at radius 2 is 1.80 bits per heavy atom. The third-order valence-corrected chi connectivity index (χ3v) is 5.96. The molecule has 4 aromatic rings. The van der Waals surface area contributed by atoms with Crippen molar-refractivity contribution >= 4 is 16.8 Å². The van der Waals surface area contributed by atoms with Gasteiger partial charge in [0, 0.05) is 35.0 Å². The number of nitrogens with one attached hydrogen (secondary N) is 1. The molecular formula is C26H24N2O2. The van der Waals surface area contributed by atoms with E-state index < -0.39 is 0 Å². The van der Waals surface area contributed by atoms with Crippen molar-refractivity contribution in [2.75, 3.05) is 7.11 Å². The van der Waals surface area contributed by atoms with Crippen LogP contribution in [0, 0.1) is 0 Å². The first-order valence-electron chi connectivity index (χ1n) is 10.3. The van der Waals surface area contributed by atoms with Crippen molar-refractivity contribution in [1.29, 1.82) is 0 Å². The zero-order valence-electron chi connectivity index (χ0n) is 17.0. The summed E-state index contributed by atoms with van der Waals surface area (Å²) < 4.78 is 5.45. The van der Waals surface area contributed by atoms with Crippen LogP contribution in [0.1, 0.15) is 30.0 Å². The van der Waals surface area contributed by atoms with E-state index in [9.17, 15) is 4.79 Å². The van der Waals surface area contributed by atoms with E-state index in [-0.39, 0.29) is 11.9 Å². The number of fused-ring (bicyclic) bond motifs is 1. The Bertz CT molecular complexity index is 1200. The van der Waals surface area contributed by atoms with Gasteiger partial charge < -0.3 is 14.6 Å². The van der Waals surface area contributed by atoms with Crippen molar-refractivity contribution in [1.82, 2.24) is 9.88 Å². The second kappa shape index (κ2) is 7.71. The molecule has 0 aliphatic carbocycles. The molecule has 1 fully saturated rings. The number of aromatic amines is 1. The number of hydrogen-bond donors (Lipinski definition) is 1. The topological polar surface area (TPSA) is 45.3 Å². The smallest absolute Gasteiger partial charge is 0.223 e. The lowest BCUT2D eigenvalue weighted by atomic mass is 9.96. The molecule has 0 radical (unpaired) electrons. The second-order valence-corrected chi connectivity index (χ2v) is 7.75. The molecule has 0 saturated carbocycles. The first-order valence-corrected chi connectivity index (χ1v) is 10.3. The molecule has 1 N–H and O–H groups in total. The molecule has 0 spiro atoms. The van der Waals surface area contributed by atoms with Crippen molar-refractivity contribution in [2.45, 2.75) is 25.4 Å². The lowest BCUT2D eigenvalue weighted by Gasteiger charge is -2.26. The van der Waals surface area contributed by atoms with E-state index in [0.29, 0.717) is 13.0 Å². The Balaban J connectivity index is 1.64. The first-order chi connectivity index (χ1) is 14.7. The number of amides is 1. The maximum Gasteiger partial charge on any atom is 0.223 e. The lowest BCUT2D eigenvalue weighted by Crippen LogP contribution is -2.27. The molecule has 150 valence electrons. The predicted molar refractivity (Wildman–Crippen MR) is 119 cm³/mol. The van der Waals surface area contributed by atoms with Crippen molar-refractivity contribution in [2.24, 2.45) is 0 Å². The number of carbonyl (C=O) groups is 1. The number of ether oxygens (including phenoxy) is 1. The number of benzene rings is 3. The number of hydrogen-bond acceptors (Lipinski definition) is 2. The van der Waals surface area contributed by atoms with Crippen LogP contribution < -0.4 is 4.74 Å². The molecule has 3 aromatic carbocycles. The molecule has 1 saturated heterocycles. The van der Waals surface area contributed by atoms with E-state index in [1.165, 1.54) is 10.9 Å². The first kappa shape index (κ1) is 18.5. The number of nitrogens with zero attached hydrogens (tertiary/aromatic N) is 1. The maximum absolute atomic E-state index is 12.9. The van der Waals surface area contributed by atoms with E-state index in [0.717, 1.165) is 34.5 Å². The molecule has 1 aromatic heterocycles. The van der Waals surface area contributed by atoms with Gasteiger partial charge in [-0.25, -0.2) is 0 Å². The molecule has 1 aliphatic rings. The molecule has 30 heavy (non-hydrogen) atoms. The summed E-state index contributed by atoms with van der Waals surface area (Å²) >= 11 is 0. The molecule has 2 heterocycles. The number of para-hydroxylation sites is 1. The van der Waals surface area contributed by atoms with Gasteiger partial charge in [-0.1, -0.05) is 60.7 Å². The number of rotatable bonds is 5. The predicted octanol–water partition coefficient (Wildman–Crippen LogP) is 5.71. The minimum atomic E-state index is 0.0371. The summed E-state index contributed by atoms with van der Waals surface area (Å²) in [6.07, 6.45) is 1.40. The third-order valence-electron chi connectivity index (χ3n) is 5.96. The van der Waals surface area contributed by atoms with Gasteiger partial charge in [-0.2, -0.15) is 0 Å². The monoisotopic (exact) mass is 396 g/mol. The lowest BCUT2D eigenvalue weighted by molar-refractivity contribution is -0.129. The fourth-order valence-corrected chi connectivity index (χ4v) is 4.53. The highest BCUT2D eigenvalue weighted by molar-refractivity contribution is 5.93. The summed E-state index contributed by atoms with van der Waals surface area (Å²) in [5.74, 6) is 1.03. The largest absolute Gasteiger partial charge is 0.497 e. The van der Waals surface area contributed by atoms with Crippen LogP contribution in [0.5, 0.6) is 5.75 Å². The van der Waals surface area contributed by atoms with E-state index in [1.807, 2.05) is 47.4 Å². The third kappa shape index (κ3) is 3.24. The number of methoxy groups -OCH3 is 1. The van der Waals surface area contributed by atoms with E-state index in [1.54, 1.807) is 7.11 Å². The van der Waals surface area contributed by atoms with Gasteiger partial charge in [0.15, 0.2) is 0 Å². The van der Waals surface area contributed by atoms with Gasteiger partial charge in [0.25, 0.3) is 0 Å². The highest BCUT2D eigenvalue weighted by Gasteiger charge is 2.35. The zero-order valence-corrected chi connectivity index (χ0v) is 17.0. The van der Waals surface area contributed by atoms with Crippen LogP contribution in [-0.2, 0) is 11.3 Å². The summed E-state index contributed by atoms with van der Waals surface area (Å²) in [6.45, 7) is 0.626. The van der Waals surface area contributed by atoms with Crippen LogP contribution in [0.2, 0.25) is 0 Å². The number of H-pyrrole nitrogens is 1. The van der Waals surface area contributed by atoms with Crippen molar-refractivity contribution < 1.29 is 9.53 Å². The van der Waals surface area contributed by atoms with E-state index in [4.69, 9.17) is 4.74 Å². The van der Waals surface area contributed by atoms with Crippen LogP contribution in [0.4, 0.5) is 0 Å². The van der Waals surface area contributed by atoms with Crippen LogP contribution in [0.3, 0.4) is 0 Å². The van der Waals surface area contributed by atoms with E-state index >= 15 is 0 Å². The number of aromatic nitrogens is 1. The Hall–Kier alpha value is -3.53. The van der Waals surface area contributed by atoms with Gasteiger partial charge in [-0.05, 0) is 30.2 Å². The molecule has 0 unspecified atom stereocenters. The molecule has 4 nitrogen and oxygen atoms in total. The number of carbonyl (C=O) groups excluding carboxylic acids is 1. The van der Waals surface area contributed by atoms with Crippen LogP contribution in [-0.4, -0.2) is 22.9 Å². The molecular weight excluding hydrogens is 372 g/mol. The van der Waals surface area contributed by atoms with E-state index in [2.05, 4.69) is 41.4 Å². The fourth-order valence-electron chi connectivity index (χ4n) is 4.53. The van der Waals surface area contributed by atoms with Gasteiger partial charge in [0.1, 0.15) is 5.75 Å². The molecule has 1 atom stereocenters. The normalized spacial score (nSPS) is 16.4. The number of likely N-dealkylation sites (tertiary alicyclic amines) is 1. The zero-order chi connectivity index (χ0) is 20.5. The Kier molecular flexibility index (Phi) is 4.75. The summed E-state index contributed by atoms with van der Waals surface area (Å²) in [6, 6.07) is 26.7. The van der Waals surface area contributed by atoms with Gasteiger partial charge >= 0.3 is 0 Å². The average molecular weight is 396 g/mol. The Morgan fingerprint density at radius 3 is 2.63 bits per heavy atom. The summed E-state index contributed by atoms with van der Waals surface area (Å²) in [5, 5.41) is 1.17. The van der Waals surface area contributed by atoms with Gasteiger partial charge in [0.05, 0.1) is 18.8 Å². The molecule has 4 heteroatoms. The van der Waals surface area contributed by atoms with Crippen molar-refractivity contribution in [3.63, 3.8) is 0 Å². The molecule has 0 bridgehead atoms. The summed E-state index contributed by atoms with van der Waals surface area (Å²) in [5.41, 5.74) is 5.57. The Morgan fingerprint density at radius 1 is 1.00 bits per heavy atom.